The monoisotopic (exact) mass is 345 g/mol. The quantitative estimate of drug-likeness (QED) is 0.866. The van der Waals surface area contributed by atoms with Crippen molar-refractivity contribution in [2.75, 3.05) is 13.2 Å². The third-order valence-corrected chi connectivity index (χ3v) is 3.96. The Morgan fingerprint density at radius 3 is 3.12 bits per heavy atom. The molecule has 0 bridgehead atoms. The molecular weight excluding hydrogens is 325 g/mol. The van der Waals surface area contributed by atoms with Crippen molar-refractivity contribution in [1.82, 2.24) is 15.3 Å². The summed E-state index contributed by atoms with van der Waals surface area (Å²) in [4.78, 5) is 20.4. The van der Waals surface area contributed by atoms with Gasteiger partial charge >= 0.3 is 0 Å². The van der Waals surface area contributed by atoms with Crippen LogP contribution in [0.1, 0.15) is 18.5 Å². The molecule has 1 aromatic heterocycles. The number of rotatable bonds is 6. The summed E-state index contributed by atoms with van der Waals surface area (Å²) < 4.78 is 24.5. The van der Waals surface area contributed by atoms with Crippen molar-refractivity contribution in [3.05, 3.63) is 54.4 Å². The first-order valence-corrected chi connectivity index (χ1v) is 8.25. The second-order valence-corrected chi connectivity index (χ2v) is 5.85. The fourth-order valence-electron chi connectivity index (χ4n) is 2.69. The van der Waals surface area contributed by atoms with E-state index in [9.17, 15) is 9.18 Å². The van der Waals surface area contributed by atoms with Gasteiger partial charge in [-0.05, 0) is 25.0 Å². The van der Waals surface area contributed by atoms with Crippen LogP contribution in [0.4, 0.5) is 4.39 Å². The van der Waals surface area contributed by atoms with E-state index in [-0.39, 0.29) is 23.9 Å². The van der Waals surface area contributed by atoms with Crippen LogP contribution in [-0.2, 0) is 16.0 Å². The average molecular weight is 345 g/mol. The van der Waals surface area contributed by atoms with E-state index in [2.05, 4.69) is 15.3 Å². The number of benzene rings is 1. The predicted molar refractivity (Wildman–Crippen MR) is 88.5 cm³/mol. The van der Waals surface area contributed by atoms with Crippen LogP contribution >= 0.6 is 0 Å². The van der Waals surface area contributed by atoms with Gasteiger partial charge in [-0.25, -0.2) is 4.39 Å². The van der Waals surface area contributed by atoms with Crippen LogP contribution in [0.2, 0.25) is 0 Å². The highest BCUT2D eigenvalue weighted by molar-refractivity contribution is 5.76. The summed E-state index contributed by atoms with van der Waals surface area (Å²) in [7, 11) is 0. The van der Waals surface area contributed by atoms with Crippen LogP contribution in [0, 0.1) is 5.82 Å². The molecule has 6 nitrogen and oxygen atoms in total. The molecule has 1 saturated heterocycles. The van der Waals surface area contributed by atoms with Crippen molar-refractivity contribution in [1.29, 1.82) is 0 Å². The fourth-order valence-corrected chi connectivity index (χ4v) is 2.69. The molecule has 0 aliphatic carbocycles. The maximum absolute atomic E-state index is 13.3. The Morgan fingerprint density at radius 2 is 2.32 bits per heavy atom. The Bertz CT molecular complexity index is 699. The van der Waals surface area contributed by atoms with Crippen molar-refractivity contribution in [3.8, 4) is 5.75 Å². The van der Waals surface area contributed by atoms with E-state index in [0.717, 1.165) is 5.69 Å². The molecule has 0 saturated carbocycles. The molecule has 7 heteroatoms. The molecule has 0 radical (unpaired) electrons. The minimum absolute atomic E-state index is 0.0783. The van der Waals surface area contributed by atoms with Gasteiger partial charge in [-0.15, -0.1) is 0 Å². The molecule has 1 aromatic carbocycles. The van der Waals surface area contributed by atoms with E-state index in [1.165, 1.54) is 12.1 Å². The molecule has 2 heterocycles. The largest absolute Gasteiger partial charge is 0.486 e. The number of hydrogen-bond acceptors (Lipinski definition) is 5. The molecule has 2 atom stereocenters. The lowest BCUT2D eigenvalue weighted by molar-refractivity contribution is -0.123. The summed E-state index contributed by atoms with van der Waals surface area (Å²) in [6, 6.07) is 5.77. The van der Waals surface area contributed by atoms with Crippen LogP contribution in [0.5, 0.6) is 5.75 Å². The molecule has 1 amide bonds. The van der Waals surface area contributed by atoms with Crippen molar-refractivity contribution >= 4 is 5.91 Å². The van der Waals surface area contributed by atoms with E-state index in [1.807, 2.05) is 0 Å². The minimum atomic E-state index is -0.362. The highest BCUT2D eigenvalue weighted by Gasteiger charge is 2.29. The zero-order valence-electron chi connectivity index (χ0n) is 13.7. The lowest BCUT2D eigenvalue weighted by Crippen LogP contribution is -2.51. The smallest absolute Gasteiger partial charge is 0.220 e. The zero-order valence-corrected chi connectivity index (χ0v) is 13.7. The predicted octanol–water partition coefficient (Wildman–Crippen LogP) is 1.90. The first kappa shape index (κ1) is 17.3. The topological polar surface area (TPSA) is 73.3 Å². The highest BCUT2D eigenvalue weighted by atomic mass is 19.1. The molecule has 25 heavy (non-hydrogen) atoms. The van der Waals surface area contributed by atoms with E-state index in [1.54, 1.807) is 30.7 Å². The number of nitrogens with zero attached hydrogens (tertiary/aromatic N) is 2. The number of carbonyl (C=O) groups is 1. The van der Waals surface area contributed by atoms with E-state index < -0.39 is 0 Å². The Morgan fingerprint density at radius 1 is 1.40 bits per heavy atom. The summed E-state index contributed by atoms with van der Waals surface area (Å²) in [5, 5.41) is 2.99. The number of hydrogen-bond donors (Lipinski definition) is 1. The van der Waals surface area contributed by atoms with E-state index in [0.29, 0.717) is 38.2 Å². The fraction of sp³-hybridized carbons (Fsp3) is 0.389. The van der Waals surface area contributed by atoms with Gasteiger partial charge < -0.3 is 14.8 Å². The van der Waals surface area contributed by atoms with Gasteiger partial charge in [0.05, 0.1) is 18.3 Å². The average Bonchev–Trinajstić information content (AvgIpc) is 2.63. The van der Waals surface area contributed by atoms with E-state index in [4.69, 9.17) is 9.47 Å². The number of amides is 1. The highest BCUT2D eigenvalue weighted by Crippen LogP contribution is 2.19. The van der Waals surface area contributed by atoms with Crippen LogP contribution in [0.15, 0.2) is 42.9 Å². The first-order chi connectivity index (χ1) is 12.2. The summed E-state index contributed by atoms with van der Waals surface area (Å²) in [5.74, 6) is -0.0153. The summed E-state index contributed by atoms with van der Waals surface area (Å²) in [6.07, 6.45) is 6.00. The van der Waals surface area contributed by atoms with Crippen molar-refractivity contribution in [2.24, 2.45) is 0 Å². The van der Waals surface area contributed by atoms with Crippen LogP contribution in [-0.4, -0.2) is 41.2 Å². The number of aryl methyl sites for hydroxylation is 1. The lowest BCUT2D eigenvalue weighted by atomic mass is 10.1. The molecular formula is C18H20FN3O3. The minimum Gasteiger partial charge on any atom is -0.486 e. The Kier molecular flexibility index (Phi) is 5.90. The Balaban J connectivity index is 1.54. The molecule has 1 aliphatic heterocycles. The van der Waals surface area contributed by atoms with E-state index >= 15 is 0 Å². The Hall–Kier alpha value is -2.54. The van der Waals surface area contributed by atoms with Crippen molar-refractivity contribution in [2.45, 2.75) is 31.4 Å². The first-order valence-electron chi connectivity index (χ1n) is 8.25. The lowest BCUT2D eigenvalue weighted by Gasteiger charge is -2.32. The van der Waals surface area contributed by atoms with Crippen molar-refractivity contribution < 1.29 is 18.7 Å². The normalized spacial score (nSPS) is 20.0. The number of aromatic nitrogens is 2. The van der Waals surface area contributed by atoms with Gasteiger partial charge in [-0.1, -0.05) is 6.07 Å². The summed E-state index contributed by atoms with van der Waals surface area (Å²) >= 11 is 0. The molecule has 2 aromatic rings. The second-order valence-electron chi connectivity index (χ2n) is 5.85. The number of nitrogens with one attached hydrogen (secondary N) is 1. The molecule has 0 unspecified atom stereocenters. The molecule has 0 spiro atoms. The zero-order chi connectivity index (χ0) is 17.5. The molecule has 1 N–H and O–H groups in total. The van der Waals surface area contributed by atoms with Gasteiger partial charge in [-0.3, -0.25) is 14.8 Å². The maximum atomic E-state index is 13.3. The third-order valence-electron chi connectivity index (χ3n) is 3.96. The van der Waals surface area contributed by atoms with Gasteiger partial charge in [0.25, 0.3) is 0 Å². The number of ether oxygens (including phenoxy) is 2. The van der Waals surface area contributed by atoms with Gasteiger partial charge in [0.2, 0.25) is 5.91 Å². The standard InChI is InChI=1S/C18H20FN3O3/c19-13-2-1-3-15(10-13)25-17-12-24-9-6-16(17)22-18(23)5-4-14-11-20-7-8-21-14/h1-3,7-8,10-11,16-17H,4-6,9,12H2,(H,22,23)/t16-,17-/m1/s1. The summed E-state index contributed by atoms with van der Waals surface area (Å²) in [5.41, 5.74) is 0.775. The third kappa shape index (κ3) is 5.22. The maximum Gasteiger partial charge on any atom is 0.220 e. The van der Waals surface area contributed by atoms with Crippen LogP contribution < -0.4 is 10.1 Å². The SMILES string of the molecule is O=C(CCc1cnccn1)N[C@@H]1CCOC[C@H]1Oc1cccc(F)c1. The van der Waals surface area contributed by atoms with Gasteiger partial charge in [0.15, 0.2) is 0 Å². The molecule has 1 fully saturated rings. The van der Waals surface area contributed by atoms with Gasteiger partial charge in [0.1, 0.15) is 17.7 Å². The van der Waals surface area contributed by atoms with Gasteiger partial charge in [-0.2, -0.15) is 0 Å². The summed E-state index contributed by atoms with van der Waals surface area (Å²) in [6.45, 7) is 0.906. The van der Waals surface area contributed by atoms with Crippen LogP contribution in [0.25, 0.3) is 0 Å². The number of carbonyl (C=O) groups excluding carboxylic acids is 1. The Labute approximate surface area is 145 Å². The molecule has 3 rings (SSSR count). The van der Waals surface area contributed by atoms with Gasteiger partial charge in [0, 0.05) is 37.7 Å². The second kappa shape index (κ2) is 8.53. The molecule has 1 aliphatic rings. The molecule has 132 valence electrons. The van der Waals surface area contributed by atoms with Crippen molar-refractivity contribution in [3.63, 3.8) is 0 Å². The number of halogens is 1. The van der Waals surface area contributed by atoms with Crippen LogP contribution in [0.3, 0.4) is 0 Å².